The zero-order valence-corrected chi connectivity index (χ0v) is 12.0. The summed E-state index contributed by atoms with van der Waals surface area (Å²) >= 11 is 0. The third-order valence-corrected chi connectivity index (χ3v) is 3.61. The van der Waals surface area contributed by atoms with Gasteiger partial charge in [0.05, 0.1) is 12.5 Å². The second-order valence-corrected chi connectivity index (χ2v) is 6.36. The highest BCUT2D eigenvalue weighted by atomic mass is 16.6. The van der Waals surface area contributed by atoms with Crippen LogP contribution in [0.15, 0.2) is 0 Å². The first-order chi connectivity index (χ1) is 8.87. The van der Waals surface area contributed by atoms with Gasteiger partial charge in [0, 0.05) is 12.6 Å². The standard InChI is InChI=1S/C14H23NO4/c1-14(2,3)19-13(17)15-7-4-5-11(15)9-10-6-8-18-12(10)16/h10-11H,4-9H2,1-3H3/t10-,11+/m1/s1. The van der Waals surface area contributed by atoms with Crippen LogP contribution in [0.3, 0.4) is 0 Å². The van der Waals surface area contributed by atoms with Crippen LogP contribution in [0.4, 0.5) is 4.79 Å². The average Bonchev–Trinajstić information content (AvgIpc) is 2.87. The molecule has 5 nitrogen and oxygen atoms in total. The molecule has 2 saturated heterocycles. The largest absolute Gasteiger partial charge is 0.465 e. The average molecular weight is 269 g/mol. The number of ether oxygens (including phenoxy) is 2. The number of carbonyl (C=O) groups excluding carboxylic acids is 2. The van der Waals surface area contributed by atoms with E-state index in [0.717, 1.165) is 25.8 Å². The van der Waals surface area contributed by atoms with Gasteiger partial charge in [-0.05, 0) is 46.5 Å². The number of hydrogen-bond acceptors (Lipinski definition) is 4. The molecular formula is C14H23NO4. The van der Waals surface area contributed by atoms with Crippen molar-refractivity contribution < 1.29 is 19.1 Å². The summed E-state index contributed by atoms with van der Waals surface area (Å²) in [5.74, 6) is -0.163. The van der Waals surface area contributed by atoms with Gasteiger partial charge in [0.1, 0.15) is 5.60 Å². The van der Waals surface area contributed by atoms with E-state index >= 15 is 0 Å². The smallest absolute Gasteiger partial charge is 0.410 e. The highest BCUT2D eigenvalue weighted by molar-refractivity contribution is 5.74. The van der Waals surface area contributed by atoms with Crippen molar-refractivity contribution in [3.8, 4) is 0 Å². The molecule has 0 saturated carbocycles. The molecule has 0 bridgehead atoms. The molecule has 0 aromatic carbocycles. The first-order valence-electron chi connectivity index (χ1n) is 7.03. The monoisotopic (exact) mass is 269 g/mol. The maximum atomic E-state index is 12.1. The number of hydrogen-bond donors (Lipinski definition) is 0. The van der Waals surface area contributed by atoms with Crippen LogP contribution < -0.4 is 0 Å². The predicted octanol–water partition coefficient (Wildman–Crippen LogP) is 2.34. The molecule has 0 aromatic heterocycles. The molecule has 2 aliphatic rings. The minimum absolute atomic E-state index is 0.0481. The van der Waals surface area contributed by atoms with Gasteiger partial charge in [0.2, 0.25) is 0 Å². The number of cyclic esters (lactones) is 1. The van der Waals surface area contributed by atoms with Crippen LogP contribution in [0.5, 0.6) is 0 Å². The van der Waals surface area contributed by atoms with Crippen molar-refractivity contribution >= 4 is 12.1 Å². The molecular weight excluding hydrogens is 246 g/mol. The Hall–Kier alpha value is -1.26. The molecule has 2 aliphatic heterocycles. The molecule has 5 heteroatoms. The molecule has 0 N–H and O–H groups in total. The number of rotatable bonds is 2. The Balaban J connectivity index is 1.93. The van der Waals surface area contributed by atoms with Gasteiger partial charge in [-0.15, -0.1) is 0 Å². The fourth-order valence-electron chi connectivity index (χ4n) is 2.72. The third kappa shape index (κ3) is 3.61. The van der Waals surface area contributed by atoms with E-state index in [0.29, 0.717) is 13.0 Å². The van der Waals surface area contributed by atoms with Crippen LogP contribution in [0.1, 0.15) is 46.5 Å². The van der Waals surface area contributed by atoms with E-state index in [9.17, 15) is 9.59 Å². The molecule has 0 aromatic rings. The lowest BCUT2D eigenvalue weighted by molar-refractivity contribution is -0.141. The molecule has 1 amide bonds. The topological polar surface area (TPSA) is 55.8 Å². The Morgan fingerprint density at radius 2 is 2.16 bits per heavy atom. The van der Waals surface area contributed by atoms with Crippen molar-refractivity contribution in [3.63, 3.8) is 0 Å². The van der Waals surface area contributed by atoms with E-state index in [2.05, 4.69) is 0 Å². The van der Waals surface area contributed by atoms with E-state index in [-0.39, 0.29) is 24.0 Å². The molecule has 0 unspecified atom stereocenters. The van der Waals surface area contributed by atoms with Crippen LogP contribution >= 0.6 is 0 Å². The molecule has 108 valence electrons. The van der Waals surface area contributed by atoms with Gasteiger partial charge < -0.3 is 14.4 Å². The molecule has 0 spiro atoms. The zero-order valence-electron chi connectivity index (χ0n) is 12.0. The summed E-state index contributed by atoms with van der Waals surface area (Å²) in [5, 5.41) is 0. The van der Waals surface area contributed by atoms with E-state index in [1.54, 1.807) is 4.90 Å². The van der Waals surface area contributed by atoms with E-state index in [1.165, 1.54) is 0 Å². The minimum Gasteiger partial charge on any atom is -0.465 e. The van der Waals surface area contributed by atoms with Crippen molar-refractivity contribution in [1.82, 2.24) is 4.90 Å². The van der Waals surface area contributed by atoms with Gasteiger partial charge in [0.15, 0.2) is 0 Å². The number of esters is 1. The number of nitrogens with zero attached hydrogens (tertiary/aromatic N) is 1. The molecule has 0 aliphatic carbocycles. The summed E-state index contributed by atoms with van der Waals surface area (Å²) in [4.78, 5) is 25.4. The summed E-state index contributed by atoms with van der Waals surface area (Å²) < 4.78 is 10.4. The Bertz CT molecular complexity index is 361. The van der Waals surface area contributed by atoms with Crippen molar-refractivity contribution in [3.05, 3.63) is 0 Å². The molecule has 19 heavy (non-hydrogen) atoms. The third-order valence-electron chi connectivity index (χ3n) is 3.61. The first-order valence-corrected chi connectivity index (χ1v) is 7.03. The second-order valence-electron chi connectivity index (χ2n) is 6.36. The van der Waals surface area contributed by atoms with Gasteiger partial charge in [-0.3, -0.25) is 4.79 Å². The van der Waals surface area contributed by atoms with Crippen LogP contribution in [0, 0.1) is 5.92 Å². The number of likely N-dealkylation sites (tertiary alicyclic amines) is 1. The Kier molecular flexibility index (Phi) is 4.02. The second kappa shape index (κ2) is 5.39. The highest BCUT2D eigenvalue weighted by Crippen LogP contribution is 2.29. The van der Waals surface area contributed by atoms with Crippen molar-refractivity contribution in [2.45, 2.75) is 58.1 Å². The predicted molar refractivity (Wildman–Crippen MR) is 69.6 cm³/mol. The van der Waals surface area contributed by atoms with Crippen LogP contribution in [0.2, 0.25) is 0 Å². The summed E-state index contributed by atoms with van der Waals surface area (Å²) in [6, 6.07) is 0.116. The number of carbonyl (C=O) groups is 2. The van der Waals surface area contributed by atoms with Crippen molar-refractivity contribution in [1.29, 1.82) is 0 Å². The fourth-order valence-corrected chi connectivity index (χ4v) is 2.72. The van der Waals surface area contributed by atoms with Crippen molar-refractivity contribution in [2.75, 3.05) is 13.2 Å². The van der Waals surface area contributed by atoms with Gasteiger partial charge in [-0.1, -0.05) is 0 Å². The van der Waals surface area contributed by atoms with Crippen LogP contribution in [0.25, 0.3) is 0 Å². The maximum Gasteiger partial charge on any atom is 0.410 e. The van der Waals surface area contributed by atoms with E-state index in [1.807, 2.05) is 20.8 Å². The Morgan fingerprint density at radius 1 is 1.42 bits per heavy atom. The summed E-state index contributed by atoms with van der Waals surface area (Å²) in [6.07, 6.45) is 3.14. The zero-order chi connectivity index (χ0) is 14.0. The molecule has 2 rings (SSSR count). The Morgan fingerprint density at radius 3 is 2.74 bits per heavy atom. The van der Waals surface area contributed by atoms with Gasteiger partial charge in [-0.25, -0.2) is 4.79 Å². The van der Waals surface area contributed by atoms with Crippen LogP contribution in [-0.4, -0.2) is 41.8 Å². The fraction of sp³-hybridized carbons (Fsp3) is 0.857. The lowest BCUT2D eigenvalue weighted by atomic mass is 9.97. The maximum absolute atomic E-state index is 12.1. The molecule has 2 heterocycles. The van der Waals surface area contributed by atoms with Gasteiger partial charge in [-0.2, -0.15) is 0 Å². The first kappa shape index (κ1) is 14.2. The minimum atomic E-state index is -0.476. The van der Waals surface area contributed by atoms with Gasteiger partial charge >= 0.3 is 12.1 Å². The lowest BCUT2D eigenvalue weighted by Gasteiger charge is -2.29. The lowest BCUT2D eigenvalue weighted by Crippen LogP contribution is -2.40. The number of amides is 1. The summed E-state index contributed by atoms with van der Waals surface area (Å²) in [6.45, 7) is 6.84. The molecule has 2 atom stereocenters. The summed E-state index contributed by atoms with van der Waals surface area (Å²) in [7, 11) is 0. The molecule has 2 fully saturated rings. The Labute approximate surface area is 114 Å². The van der Waals surface area contributed by atoms with E-state index in [4.69, 9.17) is 9.47 Å². The van der Waals surface area contributed by atoms with E-state index < -0.39 is 5.60 Å². The van der Waals surface area contributed by atoms with Crippen molar-refractivity contribution in [2.24, 2.45) is 5.92 Å². The highest BCUT2D eigenvalue weighted by Gasteiger charge is 2.37. The quantitative estimate of drug-likeness (QED) is 0.722. The molecule has 0 radical (unpaired) electrons. The summed E-state index contributed by atoms with van der Waals surface area (Å²) in [5.41, 5.74) is -0.476. The van der Waals surface area contributed by atoms with Gasteiger partial charge in [0.25, 0.3) is 0 Å². The van der Waals surface area contributed by atoms with Crippen LogP contribution in [-0.2, 0) is 14.3 Å². The normalized spacial score (nSPS) is 27.5. The SMILES string of the molecule is CC(C)(C)OC(=O)N1CCC[C@H]1C[C@H]1CCOC1=O.